The molecular weight excluding hydrogens is 226 g/mol. The Morgan fingerprint density at radius 2 is 2.11 bits per heavy atom. The first-order valence-electron chi connectivity index (χ1n) is 7.30. The lowest BCUT2D eigenvalue weighted by molar-refractivity contribution is -0.124. The minimum Gasteiger partial charge on any atom is -0.368 e. The van der Waals surface area contributed by atoms with Gasteiger partial charge in [-0.2, -0.15) is 0 Å². The van der Waals surface area contributed by atoms with Crippen LogP contribution >= 0.6 is 0 Å². The highest BCUT2D eigenvalue weighted by atomic mass is 16.1. The van der Waals surface area contributed by atoms with Crippen LogP contribution in [-0.2, 0) is 4.79 Å². The smallest absolute Gasteiger partial charge is 0.237 e. The van der Waals surface area contributed by atoms with Gasteiger partial charge in [-0.3, -0.25) is 4.79 Å². The van der Waals surface area contributed by atoms with E-state index in [9.17, 15) is 4.79 Å². The number of likely N-dealkylation sites (N-methyl/N-ethyl adjacent to an activating group) is 1. The van der Waals surface area contributed by atoms with Crippen LogP contribution in [0.1, 0.15) is 45.4 Å². The fraction of sp³-hybridized carbons (Fsp3) is 0.929. The van der Waals surface area contributed by atoms with Crippen LogP contribution in [0.15, 0.2) is 0 Å². The van der Waals surface area contributed by atoms with E-state index in [1.165, 1.54) is 38.6 Å². The number of carbonyl (C=O) groups excluding carboxylic acids is 1. The number of amides is 1. The number of carbonyl (C=O) groups is 1. The van der Waals surface area contributed by atoms with E-state index in [2.05, 4.69) is 10.2 Å². The van der Waals surface area contributed by atoms with Crippen LogP contribution in [0.2, 0.25) is 0 Å². The first-order valence-corrected chi connectivity index (χ1v) is 7.30. The molecule has 3 N–H and O–H groups in total. The zero-order valence-corrected chi connectivity index (χ0v) is 11.7. The average molecular weight is 253 g/mol. The monoisotopic (exact) mass is 253 g/mol. The van der Waals surface area contributed by atoms with Crippen LogP contribution in [0.4, 0.5) is 0 Å². The second-order valence-electron chi connectivity index (χ2n) is 6.13. The Kier molecular flexibility index (Phi) is 4.28. The van der Waals surface area contributed by atoms with Crippen LogP contribution in [0.3, 0.4) is 0 Å². The number of rotatable bonds is 5. The first-order chi connectivity index (χ1) is 8.57. The summed E-state index contributed by atoms with van der Waals surface area (Å²) in [7, 11) is 1.82. The van der Waals surface area contributed by atoms with E-state index in [1.54, 1.807) is 0 Å². The van der Waals surface area contributed by atoms with Crippen LogP contribution < -0.4 is 11.1 Å². The van der Waals surface area contributed by atoms with Crippen molar-refractivity contribution in [3.05, 3.63) is 0 Å². The summed E-state index contributed by atoms with van der Waals surface area (Å²) in [6.45, 7) is 4.10. The summed E-state index contributed by atoms with van der Waals surface area (Å²) >= 11 is 0. The minimum absolute atomic E-state index is 0.246. The van der Waals surface area contributed by atoms with Gasteiger partial charge in [-0.1, -0.05) is 12.8 Å². The molecule has 4 heteroatoms. The third-order valence-electron chi connectivity index (χ3n) is 5.12. The van der Waals surface area contributed by atoms with Crippen LogP contribution in [0.25, 0.3) is 0 Å². The molecule has 0 aromatic carbocycles. The van der Waals surface area contributed by atoms with Gasteiger partial charge in [0.15, 0.2) is 0 Å². The van der Waals surface area contributed by atoms with Gasteiger partial charge in [-0.25, -0.2) is 0 Å². The van der Waals surface area contributed by atoms with Gasteiger partial charge in [-0.05, 0) is 52.1 Å². The topological polar surface area (TPSA) is 58.4 Å². The highest BCUT2D eigenvalue weighted by Gasteiger charge is 2.37. The number of nitrogens with zero attached hydrogens (tertiary/aromatic N) is 1. The molecule has 1 saturated carbocycles. The molecule has 18 heavy (non-hydrogen) atoms. The molecule has 1 saturated heterocycles. The lowest BCUT2D eigenvalue weighted by Crippen LogP contribution is -2.53. The van der Waals surface area contributed by atoms with Gasteiger partial charge in [-0.15, -0.1) is 0 Å². The molecule has 1 aliphatic carbocycles. The lowest BCUT2D eigenvalue weighted by atomic mass is 9.85. The standard InChI is InChI=1S/C14H27N3O/c1-14(16-2,13(15)18)8-10-17-9-7-11-5-3-4-6-12(11)17/h11-12,16H,3-10H2,1-2H3,(H2,15,18). The van der Waals surface area contributed by atoms with Crippen LogP contribution in [0, 0.1) is 5.92 Å². The van der Waals surface area contributed by atoms with E-state index in [4.69, 9.17) is 5.73 Å². The molecule has 0 bridgehead atoms. The van der Waals surface area contributed by atoms with Crippen molar-refractivity contribution in [3.63, 3.8) is 0 Å². The van der Waals surface area contributed by atoms with Crippen LogP contribution in [-0.4, -0.2) is 42.5 Å². The Morgan fingerprint density at radius 1 is 1.39 bits per heavy atom. The van der Waals surface area contributed by atoms with Gasteiger partial charge >= 0.3 is 0 Å². The number of fused-ring (bicyclic) bond motifs is 1. The minimum atomic E-state index is -0.563. The van der Waals surface area contributed by atoms with Gasteiger partial charge in [0.1, 0.15) is 0 Å². The molecule has 2 aliphatic rings. The largest absolute Gasteiger partial charge is 0.368 e. The van der Waals surface area contributed by atoms with Crippen LogP contribution in [0.5, 0.6) is 0 Å². The summed E-state index contributed by atoms with van der Waals surface area (Å²) in [5.41, 5.74) is 4.92. The predicted molar refractivity (Wildman–Crippen MR) is 73.2 cm³/mol. The number of hydrogen-bond donors (Lipinski definition) is 2. The molecule has 3 unspecified atom stereocenters. The number of primary amides is 1. The molecule has 4 nitrogen and oxygen atoms in total. The summed E-state index contributed by atoms with van der Waals surface area (Å²) in [6.07, 6.45) is 7.68. The van der Waals surface area contributed by atoms with Crippen molar-refractivity contribution in [1.29, 1.82) is 0 Å². The van der Waals surface area contributed by atoms with Crippen molar-refractivity contribution >= 4 is 5.91 Å². The number of nitrogens with two attached hydrogens (primary N) is 1. The third kappa shape index (κ3) is 2.69. The van der Waals surface area contributed by atoms with Crippen molar-refractivity contribution in [2.24, 2.45) is 11.7 Å². The summed E-state index contributed by atoms with van der Waals surface area (Å²) in [5.74, 6) is 0.664. The van der Waals surface area contributed by atoms with Crippen molar-refractivity contribution in [3.8, 4) is 0 Å². The normalized spacial score (nSPS) is 31.9. The average Bonchev–Trinajstić information content (AvgIpc) is 2.79. The molecule has 1 amide bonds. The quantitative estimate of drug-likeness (QED) is 0.771. The third-order valence-corrected chi connectivity index (χ3v) is 5.12. The van der Waals surface area contributed by atoms with Crippen molar-refractivity contribution in [2.45, 2.75) is 57.0 Å². The number of hydrogen-bond acceptors (Lipinski definition) is 3. The molecule has 2 rings (SSSR count). The molecule has 1 aliphatic heterocycles. The SMILES string of the molecule is CNC(C)(CCN1CCC2CCCCC21)C(N)=O. The molecule has 0 aromatic rings. The van der Waals surface area contributed by atoms with Crippen molar-refractivity contribution in [2.75, 3.05) is 20.1 Å². The van der Waals surface area contributed by atoms with E-state index in [0.29, 0.717) is 0 Å². The molecular formula is C14H27N3O. The summed E-state index contributed by atoms with van der Waals surface area (Å²) in [5, 5.41) is 3.07. The molecule has 3 atom stereocenters. The fourth-order valence-corrected chi connectivity index (χ4v) is 3.52. The van der Waals surface area contributed by atoms with Gasteiger partial charge in [0.25, 0.3) is 0 Å². The molecule has 0 radical (unpaired) electrons. The van der Waals surface area contributed by atoms with Crippen molar-refractivity contribution in [1.82, 2.24) is 10.2 Å². The van der Waals surface area contributed by atoms with E-state index in [1.807, 2.05) is 14.0 Å². The highest BCUT2D eigenvalue weighted by Crippen LogP contribution is 2.36. The zero-order chi connectivity index (χ0) is 13.2. The molecule has 104 valence electrons. The van der Waals surface area contributed by atoms with Crippen molar-refractivity contribution < 1.29 is 4.79 Å². The first kappa shape index (κ1) is 13.8. The van der Waals surface area contributed by atoms with Gasteiger partial charge in [0.2, 0.25) is 5.91 Å². The zero-order valence-electron chi connectivity index (χ0n) is 11.7. The summed E-state index contributed by atoms with van der Waals surface area (Å²) in [6, 6.07) is 0.771. The second-order valence-corrected chi connectivity index (χ2v) is 6.13. The lowest BCUT2D eigenvalue weighted by Gasteiger charge is -2.34. The predicted octanol–water partition coefficient (Wildman–Crippen LogP) is 1.10. The molecule has 1 heterocycles. The maximum atomic E-state index is 11.5. The Hall–Kier alpha value is -0.610. The Bertz CT molecular complexity index is 307. The number of nitrogens with one attached hydrogen (secondary N) is 1. The van der Waals surface area contributed by atoms with Gasteiger partial charge in [0.05, 0.1) is 5.54 Å². The van der Waals surface area contributed by atoms with E-state index >= 15 is 0 Å². The Labute approximate surface area is 110 Å². The van der Waals surface area contributed by atoms with Gasteiger partial charge < -0.3 is 16.0 Å². The van der Waals surface area contributed by atoms with E-state index < -0.39 is 5.54 Å². The number of likely N-dealkylation sites (tertiary alicyclic amines) is 1. The van der Waals surface area contributed by atoms with Gasteiger partial charge in [0, 0.05) is 12.6 Å². The highest BCUT2D eigenvalue weighted by molar-refractivity contribution is 5.84. The van der Waals surface area contributed by atoms with E-state index in [-0.39, 0.29) is 5.91 Å². The maximum Gasteiger partial charge on any atom is 0.237 e. The summed E-state index contributed by atoms with van der Waals surface area (Å²) in [4.78, 5) is 14.1. The Balaban J connectivity index is 1.88. The maximum absolute atomic E-state index is 11.5. The summed E-state index contributed by atoms with van der Waals surface area (Å²) < 4.78 is 0. The molecule has 2 fully saturated rings. The molecule has 0 aromatic heterocycles. The Morgan fingerprint density at radius 3 is 2.78 bits per heavy atom. The second kappa shape index (κ2) is 5.57. The van der Waals surface area contributed by atoms with E-state index in [0.717, 1.165) is 24.9 Å². The fourth-order valence-electron chi connectivity index (χ4n) is 3.52. The molecule has 0 spiro atoms.